The van der Waals surface area contributed by atoms with E-state index in [2.05, 4.69) is 15.4 Å². The van der Waals surface area contributed by atoms with Gasteiger partial charge in [0, 0.05) is 22.6 Å². The summed E-state index contributed by atoms with van der Waals surface area (Å²) in [6.45, 7) is 1.79. The van der Waals surface area contributed by atoms with Gasteiger partial charge in [-0.15, -0.1) is 11.3 Å². The minimum Gasteiger partial charge on any atom is -0.306 e. The highest BCUT2D eigenvalue weighted by Gasteiger charge is 2.16. The smallest absolute Gasteiger partial charge is 0.256 e. The summed E-state index contributed by atoms with van der Waals surface area (Å²) in [6, 6.07) is 14.4. The molecule has 2 aromatic carbocycles. The maximum atomic E-state index is 13.4. The fourth-order valence-corrected chi connectivity index (χ4v) is 3.46. The molecule has 4 aromatic rings. The van der Waals surface area contributed by atoms with Gasteiger partial charge in [-0.25, -0.2) is 13.8 Å². The molecule has 5 nitrogen and oxygen atoms in total. The lowest BCUT2D eigenvalue weighted by atomic mass is 10.2. The van der Waals surface area contributed by atoms with Crippen molar-refractivity contribution in [2.24, 2.45) is 0 Å². The molecule has 0 aliphatic carbocycles. The van der Waals surface area contributed by atoms with Crippen LogP contribution in [0.1, 0.15) is 16.1 Å². The van der Waals surface area contributed by atoms with Crippen molar-refractivity contribution in [2.45, 2.75) is 6.92 Å². The van der Waals surface area contributed by atoms with E-state index < -0.39 is 17.5 Å². The summed E-state index contributed by atoms with van der Waals surface area (Å²) < 4.78 is 28.0. The number of rotatable bonds is 4. The van der Waals surface area contributed by atoms with Crippen molar-refractivity contribution in [3.05, 3.63) is 82.9 Å². The highest BCUT2D eigenvalue weighted by molar-refractivity contribution is 7.12. The topological polar surface area (TPSA) is 59.8 Å². The summed E-state index contributed by atoms with van der Waals surface area (Å²) >= 11 is 1.38. The molecule has 0 aliphatic heterocycles. The van der Waals surface area contributed by atoms with Crippen LogP contribution in [-0.2, 0) is 0 Å². The van der Waals surface area contributed by atoms with Crippen molar-refractivity contribution in [2.75, 3.05) is 5.32 Å². The molecule has 0 unspecified atom stereocenters. The van der Waals surface area contributed by atoms with Crippen molar-refractivity contribution in [1.82, 2.24) is 14.8 Å². The normalized spacial score (nSPS) is 10.8. The molecule has 0 spiro atoms. The van der Waals surface area contributed by atoms with Crippen LogP contribution in [0.5, 0.6) is 0 Å². The number of anilines is 1. The van der Waals surface area contributed by atoms with E-state index in [1.807, 2.05) is 35.7 Å². The van der Waals surface area contributed by atoms with Crippen LogP contribution >= 0.6 is 11.3 Å². The van der Waals surface area contributed by atoms with Gasteiger partial charge >= 0.3 is 0 Å². The minimum atomic E-state index is -1.08. The number of thiazole rings is 1. The Morgan fingerprint density at radius 2 is 1.86 bits per heavy atom. The number of carbonyl (C=O) groups excluding carboxylic acids is 1. The van der Waals surface area contributed by atoms with Crippen LogP contribution in [-0.4, -0.2) is 20.7 Å². The number of aromatic nitrogens is 3. The molecular formula is C20H14F2N4OS. The first kappa shape index (κ1) is 18.0. The molecule has 0 aliphatic rings. The Morgan fingerprint density at radius 3 is 2.61 bits per heavy atom. The molecule has 1 amide bonds. The number of aryl methyl sites for hydroxylation is 1. The summed E-state index contributed by atoms with van der Waals surface area (Å²) in [6.07, 6.45) is 0. The van der Waals surface area contributed by atoms with Crippen LogP contribution in [0, 0.1) is 18.6 Å². The maximum absolute atomic E-state index is 13.4. The quantitative estimate of drug-likeness (QED) is 0.537. The Balaban J connectivity index is 1.63. The Labute approximate surface area is 163 Å². The fourth-order valence-electron chi connectivity index (χ4n) is 2.66. The van der Waals surface area contributed by atoms with Crippen LogP contribution in [0.15, 0.2) is 60.0 Å². The molecule has 140 valence electrons. The molecule has 0 radical (unpaired) electrons. The van der Waals surface area contributed by atoms with E-state index in [1.54, 1.807) is 13.0 Å². The van der Waals surface area contributed by atoms with Gasteiger partial charge < -0.3 is 5.32 Å². The lowest BCUT2D eigenvalue weighted by Crippen LogP contribution is -2.15. The van der Waals surface area contributed by atoms with Gasteiger partial charge in [0.05, 0.1) is 11.4 Å². The average molecular weight is 396 g/mol. The summed E-state index contributed by atoms with van der Waals surface area (Å²) in [5.74, 6) is -2.26. The predicted molar refractivity (Wildman–Crippen MR) is 104 cm³/mol. The Bertz CT molecular complexity index is 1150. The van der Waals surface area contributed by atoms with Gasteiger partial charge in [0.1, 0.15) is 5.82 Å². The second-order valence-electron chi connectivity index (χ2n) is 6.05. The molecule has 2 heterocycles. The number of nitrogens with zero attached hydrogens (tertiary/aromatic N) is 3. The van der Waals surface area contributed by atoms with E-state index in [0.717, 1.165) is 23.4 Å². The molecule has 2 aromatic heterocycles. The number of halogens is 2. The van der Waals surface area contributed by atoms with E-state index >= 15 is 0 Å². The van der Waals surface area contributed by atoms with Crippen molar-refractivity contribution >= 4 is 23.1 Å². The van der Waals surface area contributed by atoms with E-state index in [0.29, 0.717) is 16.6 Å². The second-order valence-corrected chi connectivity index (χ2v) is 6.88. The average Bonchev–Trinajstić information content (AvgIpc) is 3.31. The highest BCUT2D eigenvalue weighted by Crippen LogP contribution is 2.26. The number of hydrogen-bond donors (Lipinski definition) is 1. The third-order valence-corrected chi connectivity index (χ3v) is 4.81. The first-order valence-corrected chi connectivity index (χ1v) is 9.23. The first-order chi connectivity index (χ1) is 13.5. The van der Waals surface area contributed by atoms with Gasteiger partial charge in [0.15, 0.2) is 11.6 Å². The van der Waals surface area contributed by atoms with Gasteiger partial charge in [0.25, 0.3) is 5.91 Å². The SMILES string of the molecule is Cc1cc(NC(=O)c2ccc(F)c(F)c2)n(-c2nc(-c3ccccc3)cs2)n1. The zero-order valence-corrected chi connectivity index (χ0v) is 15.5. The lowest BCUT2D eigenvalue weighted by Gasteiger charge is -2.07. The molecule has 28 heavy (non-hydrogen) atoms. The van der Waals surface area contributed by atoms with Crippen LogP contribution in [0.3, 0.4) is 0 Å². The highest BCUT2D eigenvalue weighted by atomic mass is 32.1. The predicted octanol–water partition coefficient (Wildman–Crippen LogP) is 4.83. The van der Waals surface area contributed by atoms with Crippen molar-refractivity contribution in [3.8, 4) is 16.4 Å². The van der Waals surface area contributed by atoms with Crippen LogP contribution in [0.25, 0.3) is 16.4 Å². The number of amides is 1. The molecule has 4 rings (SSSR count). The maximum Gasteiger partial charge on any atom is 0.256 e. The Hall–Kier alpha value is -3.39. The summed E-state index contributed by atoms with van der Waals surface area (Å²) in [5, 5.41) is 9.54. The molecule has 0 saturated carbocycles. The van der Waals surface area contributed by atoms with Crippen LogP contribution in [0.2, 0.25) is 0 Å². The van der Waals surface area contributed by atoms with Gasteiger partial charge in [-0.2, -0.15) is 9.78 Å². The van der Waals surface area contributed by atoms with E-state index in [4.69, 9.17) is 0 Å². The molecule has 0 bridgehead atoms. The standard InChI is InChI=1S/C20H14F2N4OS/c1-12-9-18(24-19(27)14-7-8-15(21)16(22)10-14)26(25-12)20-23-17(11-28-20)13-5-3-2-4-6-13/h2-11H,1H3,(H,24,27). The molecular weight excluding hydrogens is 382 g/mol. The molecule has 0 saturated heterocycles. The third-order valence-electron chi connectivity index (χ3n) is 4.00. The second kappa shape index (κ2) is 7.32. The lowest BCUT2D eigenvalue weighted by molar-refractivity contribution is 0.102. The van der Waals surface area contributed by atoms with Crippen LogP contribution < -0.4 is 5.32 Å². The van der Waals surface area contributed by atoms with Crippen LogP contribution in [0.4, 0.5) is 14.6 Å². The molecule has 1 N–H and O–H groups in total. The van der Waals surface area contributed by atoms with Crippen molar-refractivity contribution < 1.29 is 13.6 Å². The van der Waals surface area contributed by atoms with Gasteiger partial charge in [-0.1, -0.05) is 30.3 Å². The van der Waals surface area contributed by atoms with Gasteiger partial charge in [-0.05, 0) is 25.1 Å². The van der Waals surface area contributed by atoms with E-state index in [9.17, 15) is 13.6 Å². The first-order valence-electron chi connectivity index (χ1n) is 8.35. The summed E-state index contributed by atoms with van der Waals surface area (Å²) in [4.78, 5) is 17.0. The fraction of sp³-hybridized carbons (Fsp3) is 0.0500. The van der Waals surface area contributed by atoms with E-state index in [1.165, 1.54) is 22.1 Å². The number of benzene rings is 2. The summed E-state index contributed by atoms with van der Waals surface area (Å²) in [5.41, 5.74) is 2.46. The Morgan fingerprint density at radius 1 is 1.07 bits per heavy atom. The van der Waals surface area contributed by atoms with Gasteiger partial charge in [-0.3, -0.25) is 4.79 Å². The molecule has 0 atom stereocenters. The van der Waals surface area contributed by atoms with Crippen molar-refractivity contribution in [3.63, 3.8) is 0 Å². The monoisotopic (exact) mass is 396 g/mol. The Kier molecular flexibility index (Phi) is 4.70. The number of nitrogens with one attached hydrogen (secondary N) is 1. The number of hydrogen-bond acceptors (Lipinski definition) is 4. The molecule has 0 fully saturated rings. The number of carbonyl (C=O) groups is 1. The van der Waals surface area contributed by atoms with E-state index in [-0.39, 0.29) is 5.56 Å². The third kappa shape index (κ3) is 3.54. The minimum absolute atomic E-state index is 0.00779. The summed E-state index contributed by atoms with van der Waals surface area (Å²) in [7, 11) is 0. The van der Waals surface area contributed by atoms with Crippen molar-refractivity contribution in [1.29, 1.82) is 0 Å². The molecule has 8 heteroatoms. The van der Waals surface area contributed by atoms with Gasteiger partial charge in [0.2, 0.25) is 5.13 Å². The zero-order valence-electron chi connectivity index (χ0n) is 14.7. The largest absolute Gasteiger partial charge is 0.306 e. The zero-order chi connectivity index (χ0) is 19.7.